The predicted octanol–water partition coefficient (Wildman–Crippen LogP) is 2.17. The van der Waals surface area contributed by atoms with Crippen molar-refractivity contribution in [2.24, 2.45) is 0 Å². The highest BCUT2D eigenvalue weighted by Gasteiger charge is 2.14. The first kappa shape index (κ1) is 10.1. The van der Waals surface area contributed by atoms with Gasteiger partial charge < -0.3 is 5.32 Å². The minimum absolute atomic E-state index is 0.0283. The molecule has 0 amide bonds. The van der Waals surface area contributed by atoms with Gasteiger partial charge in [0, 0.05) is 13.0 Å². The number of hydrogen-bond donors (Lipinski definition) is 1. The fourth-order valence-corrected chi connectivity index (χ4v) is 1.73. The van der Waals surface area contributed by atoms with E-state index in [-0.39, 0.29) is 5.78 Å². The van der Waals surface area contributed by atoms with Crippen molar-refractivity contribution < 1.29 is 4.79 Å². The third-order valence-corrected chi connectivity index (χ3v) is 2.48. The molecule has 1 N–H and O–H groups in total. The van der Waals surface area contributed by atoms with Crippen LogP contribution in [-0.4, -0.2) is 11.8 Å². The molecule has 1 rings (SSSR count). The van der Waals surface area contributed by atoms with Gasteiger partial charge in [-0.2, -0.15) is 0 Å². The molecule has 1 fully saturated rings. The lowest BCUT2D eigenvalue weighted by atomic mass is 9.95. The largest absolute Gasteiger partial charge is 0.373 e. The summed E-state index contributed by atoms with van der Waals surface area (Å²) in [5, 5.41) is 3.20. The van der Waals surface area contributed by atoms with Crippen LogP contribution >= 0.6 is 0 Å². The quantitative estimate of drug-likeness (QED) is 0.531. The molecule has 0 unspecified atom stereocenters. The second-order valence-corrected chi connectivity index (χ2v) is 3.59. The van der Waals surface area contributed by atoms with Crippen LogP contribution in [0.2, 0.25) is 0 Å². The Morgan fingerprint density at radius 1 is 1.38 bits per heavy atom. The summed E-state index contributed by atoms with van der Waals surface area (Å²) in [6, 6.07) is 0.460. The van der Waals surface area contributed by atoms with Gasteiger partial charge in [-0.1, -0.05) is 31.6 Å². The maximum absolute atomic E-state index is 11.0. The highest BCUT2D eigenvalue weighted by atomic mass is 16.1. The zero-order valence-electron chi connectivity index (χ0n) is 8.23. The molecular formula is C11H17NO. The zero-order valence-corrected chi connectivity index (χ0v) is 8.23. The van der Waals surface area contributed by atoms with Crippen molar-refractivity contribution in [3.05, 3.63) is 18.0 Å². The minimum atomic E-state index is 0.0283. The van der Waals surface area contributed by atoms with Crippen LogP contribution in [0.15, 0.2) is 18.0 Å². The van der Waals surface area contributed by atoms with Crippen LogP contribution < -0.4 is 5.32 Å². The summed E-state index contributed by atoms with van der Waals surface area (Å²) in [5.41, 5.74) is 3.20. The first-order valence-electron chi connectivity index (χ1n) is 4.91. The van der Waals surface area contributed by atoms with Crippen LogP contribution in [0.4, 0.5) is 0 Å². The van der Waals surface area contributed by atoms with Crippen molar-refractivity contribution in [3.63, 3.8) is 0 Å². The van der Waals surface area contributed by atoms with Gasteiger partial charge in [0.25, 0.3) is 0 Å². The number of Topliss-reactive ketones (excluding diaryl/α,β-unsaturated/α-hetero) is 1. The molecule has 0 aromatic carbocycles. The van der Waals surface area contributed by atoms with Crippen LogP contribution in [0, 0.1) is 0 Å². The Labute approximate surface area is 79.7 Å². The molecule has 2 nitrogen and oxygen atoms in total. The molecule has 0 aromatic rings. The third kappa shape index (κ3) is 3.08. The van der Waals surface area contributed by atoms with Crippen LogP contribution in [0.3, 0.4) is 0 Å². The number of nitrogens with one attached hydrogen (secondary N) is 1. The highest BCUT2D eigenvalue weighted by molar-refractivity contribution is 5.92. The summed E-state index contributed by atoms with van der Waals surface area (Å²) in [6.07, 6.45) is 6.18. The van der Waals surface area contributed by atoms with E-state index in [0.29, 0.717) is 11.7 Å². The number of allylic oxidation sites excluding steroid dienone is 1. The summed E-state index contributed by atoms with van der Waals surface area (Å²) in [4.78, 5) is 11.0. The van der Waals surface area contributed by atoms with Gasteiger partial charge in [-0.15, -0.1) is 0 Å². The minimum Gasteiger partial charge on any atom is -0.373 e. The molecule has 0 aliphatic heterocycles. The maximum atomic E-state index is 11.0. The molecule has 1 aliphatic carbocycles. The van der Waals surface area contributed by atoms with E-state index in [4.69, 9.17) is 0 Å². The Morgan fingerprint density at radius 3 is 2.46 bits per heavy atom. The molecule has 0 atom stereocenters. The molecule has 13 heavy (non-hydrogen) atoms. The molecule has 0 bridgehead atoms. The molecule has 0 radical (unpaired) electrons. The number of carbonyl (C=O) groups is 1. The van der Waals surface area contributed by atoms with E-state index in [1.165, 1.54) is 32.1 Å². The standard InChI is InChI=1S/C11H17NO/c1-3-11(9(2)13)12-10-7-5-4-6-8-10/h10,12H,1,4-8H2,2H3. The normalized spacial score (nSPS) is 17.6. The molecule has 0 heterocycles. The average Bonchev–Trinajstić information content (AvgIpc) is 2.15. The Balaban J connectivity index is 2.46. The van der Waals surface area contributed by atoms with Gasteiger partial charge >= 0.3 is 0 Å². The first-order valence-corrected chi connectivity index (χ1v) is 4.91. The fraction of sp³-hybridized carbons (Fsp3) is 0.636. The Morgan fingerprint density at radius 2 is 2.00 bits per heavy atom. The van der Waals surface area contributed by atoms with Gasteiger partial charge in [0.05, 0.1) is 0 Å². The van der Waals surface area contributed by atoms with Gasteiger partial charge in [0.15, 0.2) is 5.78 Å². The lowest BCUT2D eigenvalue weighted by molar-refractivity contribution is -0.114. The van der Waals surface area contributed by atoms with Gasteiger partial charge in [-0.3, -0.25) is 4.79 Å². The Bertz CT molecular complexity index is 232. The van der Waals surface area contributed by atoms with Crippen LogP contribution in [0.25, 0.3) is 0 Å². The summed E-state index contributed by atoms with van der Waals surface area (Å²) in [5.74, 6) is 0.0283. The molecule has 1 saturated carbocycles. The van der Waals surface area contributed by atoms with Crippen molar-refractivity contribution in [3.8, 4) is 0 Å². The van der Waals surface area contributed by atoms with E-state index < -0.39 is 0 Å². The molecule has 0 aromatic heterocycles. The van der Waals surface area contributed by atoms with Gasteiger partial charge in [0.1, 0.15) is 5.70 Å². The maximum Gasteiger partial charge on any atom is 0.183 e. The SMILES string of the molecule is C=C=C(NC1CCCCC1)C(C)=O. The van der Waals surface area contributed by atoms with Crippen LogP contribution in [-0.2, 0) is 4.79 Å². The van der Waals surface area contributed by atoms with Crippen molar-refractivity contribution in [2.45, 2.75) is 45.1 Å². The lowest BCUT2D eigenvalue weighted by Crippen LogP contribution is -2.32. The summed E-state index contributed by atoms with van der Waals surface area (Å²) < 4.78 is 0. The van der Waals surface area contributed by atoms with Crippen molar-refractivity contribution in [1.82, 2.24) is 5.32 Å². The fourth-order valence-electron chi connectivity index (χ4n) is 1.73. The van der Waals surface area contributed by atoms with E-state index in [1.807, 2.05) is 0 Å². The molecular weight excluding hydrogens is 162 g/mol. The van der Waals surface area contributed by atoms with Gasteiger partial charge in [0.2, 0.25) is 0 Å². The van der Waals surface area contributed by atoms with Crippen molar-refractivity contribution >= 4 is 5.78 Å². The van der Waals surface area contributed by atoms with Crippen molar-refractivity contribution in [1.29, 1.82) is 0 Å². The summed E-state index contributed by atoms with van der Waals surface area (Å²) in [7, 11) is 0. The second-order valence-electron chi connectivity index (χ2n) is 3.59. The van der Waals surface area contributed by atoms with Crippen LogP contribution in [0.1, 0.15) is 39.0 Å². The Kier molecular flexibility index (Phi) is 3.78. The van der Waals surface area contributed by atoms with Crippen molar-refractivity contribution in [2.75, 3.05) is 0 Å². The molecule has 72 valence electrons. The number of carbonyl (C=O) groups excluding carboxylic acids is 1. The monoisotopic (exact) mass is 179 g/mol. The molecule has 1 aliphatic rings. The van der Waals surface area contributed by atoms with E-state index in [0.717, 1.165) is 0 Å². The highest BCUT2D eigenvalue weighted by Crippen LogP contribution is 2.18. The van der Waals surface area contributed by atoms with Gasteiger partial charge in [-0.05, 0) is 12.8 Å². The second kappa shape index (κ2) is 4.88. The number of rotatable bonds is 3. The average molecular weight is 179 g/mol. The molecule has 0 spiro atoms. The van der Waals surface area contributed by atoms with Crippen LogP contribution in [0.5, 0.6) is 0 Å². The number of ketones is 1. The smallest absolute Gasteiger partial charge is 0.183 e. The van der Waals surface area contributed by atoms with E-state index in [2.05, 4.69) is 17.6 Å². The molecule has 0 saturated heterocycles. The van der Waals surface area contributed by atoms with Gasteiger partial charge in [-0.25, -0.2) is 0 Å². The van der Waals surface area contributed by atoms with E-state index >= 15 is 0 Å². The lowest BCUT2D eigenvalue weighted by Gasteiger charge is -2.23. The third-order valence-electron chi connectivity index (χ3n) is 2.48. The van der Waals surface area contributed by atoms with E-state index in [9.17, 15) is 4.79 Å². The van der Waals surface area contributed by atoms with E-state index in [1.54, 1.807) is 6.92 Å². The predicted molar refractivity (Wildman–Crippen MR) is 53.3 cm³/mol. The zero-order chi connectivity index (χ0) is 9.68. The molecule has 2 heteroatoms. The Hall–Kier alpha value is -1.01. The number of hydrogen-bond acceptors (Lipinski definition) is 2. The topological polar surface area (TPSA) is 29.1 Å². The first-order chi connectivity index (χ1) is 6.24. The summed E-state index contributed by atoms with van der Waals surface area (Å²) in [6.45, 7) is 5.05. The summed E-state index contributed by atoms with van der Waals surface area (Å²) >= 11 is 0.